The van der Waals surface area contributed by atoms with E-state index in [1.165, 1.54) is 12.8 Å². The highest BCUT2D eigenvalue weighted by Crippen LogP contribution is 2.33. The van der Waals surface area contributed by atoms with Gasteiger partial charge in [0.25, 0.3) is 0 Å². The third kappa shape index (κ3) is 3.52. The van der Waals surface area contributed by atoms with Crippen molar-refractivity contribution >= 4 is 11.7 Å². The van der Waals surface area contributed by atoms with Crippen molar-refractivity contribution in [1.29, 1.82) is 0 Å². The van der Waals surface area contributed by atoms with Gasteiger partial charge in [-0.05, 0) is 37.3 Å². The van der Waals surface area contributed by atoms with E-state index < -0.39 is 0 Å². The minimum atomic E-state index is -0.0841. The molecule has 1 saturated carbocycles. The van der Waals surface area contributed by atoms with Crippen molar-refractivity contribution in [3.8, 4) is 11.5 Å². The van der Waals surface area contributed by atoms with Gasteiger partial charge in [0, 0.05) is 31.5 Å². The van der Waals surface area contributed by atoms with Crippen LogP contribution in [-0.4, -0.2) is 49.9 Å². The van der Waals surface area contributed by atoms with E-state index in [1.807, 2.05) is 23.1 Å². The molecule has 0 aromatic heterocycles. The van der Waals surface area contributed by atoms with Crippen LogP contribution in [-0.2, 0) is 4.74 Å². The van der Waals surface area contributed by atoms with Crippen LogP contribution in [0.1, 0.15) is 19.3 Å². The van der Waals surface area contributed by atoms with Crippen LogP contribution in [0.15, 0.2) is 18.2 Å². The summed E-state index contributed by atoms with van der Waals surface area (Å²) in [4.78, 5) is 14.2. The number of anilines is 1. The fraction of sp³-hybridized carbons (Fsp3) is 0.588. The second-order valence-electron chi connectivity index (χ2n) is 6.42. The highest BCUT2D eigenvalue weighted by molar-refractivity contribution is 5.90. The summed E-state index contributed by atoms with van der Waals surface area (Å²) >= 11 is 0. The van der Waals surface area contributed by atoms with Gasteiger partial charge in [0.05, 0.1) is 6.10 Å². The van der Waals surface area contributed by atoms with Gasteiger partial charge in [-0.15, -0.1) is 0 Å². The standard InChI is InChI=1S/C17H22N2O4/c20-17(19-6-5-14(10-19)23-11-12-1-2-12)18-13-3-4-15-16(9-13)22-8-7-21-15/h3-4,9,12,14H,1-2,5-8,10-11H2,(H,18,20). The molecule has 1 aromatic carbocycles. The number of amides is 2. The lowest BCUT2D eigenvalue weighted by atomic mass is 10.2. The number of urea groups is 1. The molecule has 0 radical (unpaired) electrons. The zero-order valence-corrected chi connectivity index (χ0v) is 13.1. The molecule has 0 bridgehead atoms. The molecule has 2 heterocycles. The molecule has 124 valence electrons. The van der Waals surface area contributed by atoms with Crippen molar-refractivity contribution in [3.63, 3.8) is 0 Å². The molecule has 1 saturated heterocycles. The number of likely N-dealkylation sites (tertiary alicyclic amines) is 1. The lowest BCUT2D eigenvalue weighted by Crippen LogP contribution is -2.34. The maximum atomic E-state index is 12.4. The molecule has 4 rings (SSSR count). The average Bonchev–Trinajstić information content (AvgIpc) is 3.28. The molecule has 1 N–H and O–H groups in total. The summed E-state index contributed by atoms with van der Waals surface area (Å²) in [6, 6.07) is 5.39. The van der Waals surface area contributed by atoms with Crippen molar-refractivity contribution in [2.24, 2.45) is 5.92 Å². The molecule has 2 amide bonds. The third-order valence-corrected chi connectivity index (χ3v) is 4.49. The van der Waals surface area contributed by atoms with E-state index in [0.717, 1.165) is 36.9 Å². The van der Waals surface area contributed by atoms with Crippen molar-refractivity contribution in [2.75, 3.05) is 38.2 Å². The van der Waals surface area contributed by atoms with Crippen LogP contribution in [0, 0.1) is 5.92 Å². The number of carbonyl (C=O) groups excluding carboxylic acids is 1. The summed E-state index contributed by atoms with van der Waals surface area (Å²) in [7, 11) is 0. The zero-order valence-electron chi connectivity index (χ0n) is 13.1. The van der Waals surface area contributed by atoms with Gasteiger partial charge in [0.1, 0.15) is 13.2 Å². The molecular formula is C17H22N2O4. The van der Waals surface area contributed by atoms with E-state index >= 15 is 0 Å². The lowest BCUT2D eigenvalue weighted by molar-refractivity contribution is 0.0543. The fourth-order valence-corrected chi connectivity index (χ4v) is 2.93. The van der Waals surface area contributed by atoms with E-state index in [1.54, 1.807) is 0 Å². The van der Waals surface area contributed by atoms with Crippen LogP contribution >= 0.6 is 0 Å². The Morgan fingerprint density at radius 3 is 2.87 bits per heavy atom. The second kappa shape index (κ2) is 6.28. The number of rotatable bonds is 4. The van der Waals surface area contributed by atoms with Crippen LogP contribution in [0.4, 0.5) is 10.5 Å². The summed E-state index contributed by atoms with van der Waals surface area (Å²) < 4.78 is 16.9. The van der Waals surface area contributed by atoms with Crippen LogP contribution in [0.3, 0.4) is 0 Å². The SMILES string of the molecule is O=C(Nc1ccc2c(c1)OCCO2)N1CCC(OCC2CC2)C1. The Labute approximate surface area is 135 Å². The molecular weight excluding hydrogens is 296 g/mol. The summed E-state index contributed by atoms with van der Waals surface area (Å²) in [5.41, 5.74) is 0.724. The van der Waals surface area contributed by atoms with E-state index in [9.17, 15) is 4.79 Å². The smallest absolute Gasteiger partial charge is 0.321 e. The van der Waals surface area contributed by atoms with Crippen molar-refractivity contribution in [1.82, 2.24) is 4.90 Å². The Kier molecular flexibility index (Phi) is 3.99. The van der Waals surface area contributed by atoms with Crippen LogP contribution in [0.2, 0.25) is 0 Å². The molecule has 1 aliphatic carbocycles. The number of fused-ring (bicyclic) bond motifs is 1. The van der Waals surface area contributed by atoms with Gasteiger partial charge in [-0.2, -0.15) is 0 Å². The fourth-order valence-electron chi connectivity index (χ4n) is 2.93. The topological polar surface area (TPSA) is 60.0 Å². The van der Waals surface area contributed by atoms with Gasteiger partial charge in [-0.25, -0.2) is 4.79 Å². The molecule has 1 aromatic rings. The Morgan fingerprint density at radius 1 is 1.22 bits per heavy atom. The average molecular weight is 318 g/mol. The zero-order chi connectivity index (χ0) is 15.6. The predicted molar refractivity (Wildman–Crippen MR) is 85.1 cm³/mol. The maximum absolute atomic E-state index is 12.4. The lowest BCUT2D eigenvalue weighted by Gasteiger charge is -2.20. The molecule has 0 spiro atoms. The Morgan fingerprint density at radius 2 is 2.04 bits per heavy atom. The van der Waals surface area contributed by atoms with E-state index in [-0.39, 0.29) is 12.1 Å². The van der Waals surface area contributed by atoms with Crippen molar-refractivity contribution in [3.05, 3.63) is 18.2 Å². The summed E-state index contributed by atoms with van der Waals surface area (Å²) in [6.45, 7) is 3.36. The van der Waals surface area contributed by atoms with Crippen molar-refractivity contribution < 1.29 is 19.0 Å². The van der Waals surface area contributed by atoms with Gasteiger partial charge in [0.15, 0.2) is 11.5 Å². The van der Waals surface area contributed by atoms with E-state index in [4.69, 9.17) is 14.2 Å². The van der Waals surface area contributed by atoms with Gasteiger partial charge in [-0.1, -0.05) is 0 Å². The predicted octanol–water partition coefficient (Wildman–Crippen LogP) is 2.49. The maximum Gasteiger partial charge on any atom is 0.321 e. The largest absolute Gasteiger partial charge is 0.486 e. The highest BCUT2D eigenvalue weighted by atomic mass is 16.6. The summed E-state index contributed by atoms with van der Waals surface area (Å²) in [5.74, 6) is 2.17. The quantitative estimate of drug-likeness (QED) is 0.926. The van der Waals surface area contributed by atoms with Gasteiger partial charge in [-0.3, -0.25) is 0 Å². The number of nitrogens with one attached hydrogen (secondary N) is 1. The molecule has 2 fully saturated rings. The van der Waals surface area contributed by atoms with Crippen LogP contribution < -0.4 is 14.8 Å². The Balaban J connectivity index is 1.31. The number of benzene rings is 1. The first kappa shape index (κ1) is 14.6. The first-order chi connectivity index (χ1) is 11.3. The number of nitrogens with zero attached hydrogens (tertiary/aromatic N) is 1. The molecule has 2 aliphatic heterocycles. The minimum Gasteiger partial charge on any atom is -0.486 e. The second-order valence-corrected chi connectivity index (χ2v) is 6.42. The van der Waals surface area contributed by atoms with E-state index in [0.29, 0.717) is 25.5 Å². The normalized spacial score (nSPS) is 23.0. The number of hydrogen-bond acceptors (Lipinski definition) is 4. The Bertz CT molecular complexity index is 588. The monoisotopic (exact) mass is 318 g/mol. The third-order valence-electron chi connectivity index (χ3n) is 4.49. The van der Waals surface area contributed by atoms with Gasteiger partial charge < -0.3 is 24.4 Å². The number of hydrogen-bond donors (Lipinski definition) is 1. The van der Waals surface area contributed by atoms with Gasteiger partial charge in [0.2, 0.25) is 0 Å². The summed E-state index contributed by atoms with van der Waals surface area (Å²) in [6.07, 6.45) is 3.69. The highest BCUT2D eigenvalue weighted by Gasteiger charge is 2.29. The number of carbonyl (C=O) groups is 1. The molecule has 3 aliphatic rings. The first-order valence-corrected chi connectivity index (χ1v) is 8.35. The summed E-state index contributed by atoms with van der Waals surface area (Å²) in [5, 5.41) is 2.93. The molecule has 23 heavy (non-hydrogen) atoms. The minimum absolute atomic E-state index is 0.0841. The first-order valence-electron chi connectivity index (χ1n) is 8.35. The van der Waals surface area contributed by atoms with Crippen LogP contribution in [0.25, 0.3) is 0 Å². The molecule has 1 atom stereocenters. The molecule has 6 heteroatoms. The molecule has 1 unspecified atom stereocenters. The molecule has 6 nitrogen and oxygen atoms in total. The van der Waals surface area contributed by atoms with Crippen molar-refractivity contribution in [2.45, 2.75) is 25.4 Å². The van der Waals surface area contributed by atoms with Crippen LogP contribution in [0.5, 0.6) is 11.5 Å². The van der Waals surface area contributed by atoms with E-state index in [2.05, 4.69) is 5.32 Å². The Hall–Kier alpha value is -1.95. The number of ether oxygens (including phenoxy) is 3. The van der Waals surface area contributed by atoms with Gasteiger partial charge >= 0.3 is 6.03 Å².